The highest BCUT2D eigenvalue weighted by Gasteiger charge is 2.29. The highest BCUT2D eigenvalue weighted by atomic mass is 16.4. The van der Waals surface area contributed by atoms with E-state index < -0.39 is 30.8 Å². The summed E-state index contributed by atoms with van der Waals surface area (Å²) in [6, 6.07) is 29.9. The van der Waals surface area contributed by atoms with E-state index in [9.17, 15) is 24.9 Å². The van der Waals surface area contributed by atoms with Gasteiger partial charge in [-0.15, -0.1) is 0 Å². The molecule has 0 aliphatic heterocycles. The minimum atomic E-state index is -1.57. The van der Waals surface area contributed by atoms with Crippen molar-refractivity contribution in [3.8, 4) is 0 Å². The number of benzene rings is 2. The first-order valence-electron chi connectivity index (χ1n) is 18.8. The van der Waals surface area contributed by atoms with Gasteiger partial charge in [-0.25, -0.2) is 4.98 Å². The molecule has 0 spiro atoms. The summed E-state index contributed by atoms with van der Waals surface area (Å²) >= 11 is 0. The van der Waals surface area contributed by atoms with Crippen LogP contribution in [0.5, 0.6) is 0 Å². The first-order valence-corrected chi connectivity index (χ1v) is 18.8. The molecule has 4 rings (SSSR count). The maximum Gasteiger partial charge on any atom is 0.224 e. The second-order valence-corrected chi connectivity index (χ2v) is 13.5. The lowest BCUT2D eigenvalue weighted by atomic mass is 9.84. The standard InChI is InChI=1S/C42H55N5O6/c48-30-37(50)42(53)36(49)29-40(52)45-27-15-6-4-2-1-3-5-10-24-39(51)46-35-22-12-11-20-32(35)41(47-38-23-14-17-26-44-38)33(34-21-13-16-25-43-34)28-31-18-8-7-9-19-31/h7-9,11-14,16-23,25-26,33,36-37,41-42,48-50,53H,1-6,10,15,24,27-30H2,(H,44,47)(H,45,52)(H,46,51)/t33-,36+,37+,41+,42?/m0/s1. The Labute approximate surface area is 312 Å². The number of hydrogen-bond acceptors (Lipinski definition) is 9. The van der Waals surface area contributed by atoms with Crippen LogP contribution in [0.4, 0.5) is 11.5 Å². The lowest BCUT2D eigenvalue weighted by molar-refractivity contribution is -0.128. The average Bonchev–Trinajstić information content (AvgIpc) is 3.19. The second kappa shape index (κ2) is 23.1. The van der Waals surface area contributed by atoms with E-state index in [2.05, 4.69) is 45.2 Å². The monoisotopic (exact) mass is 725 g/mol. The molecule has 0 radical (unpaired) electrons. The maximum atomic E-state index is 13.3. The van der Waals surface area contributed by atoms with Crippen molar-refractivity contribution < 1.29 is 30.0 Å². The van der Waals surface area contributed by atoms with Gasteiger partial charge in [0, 0.05) is 42.7 Å². The van der Waals surface area contributed by atoms with Crippen LogP contribution in [0.2, 0.25) is 0 Å². The molecule has 11 heteroatoms. The average molecular weight is 726 g/mol. The number of unbranched alkanes of at least 4 members (excludes halogenated alkanes) is 7. The first kappa shape index (κ1) is 41.1. The lowest BCUT2D eigenvalue weighted by Crippen LogP contribution is -2.42. The highest BCUT2D eigenvalue weighted by molar-refractivity contribution is 5.91. The molecule has 1 unspecified atom stereocenters. The maximum absolute atomic E-state index is 13.3. The van der Waals surface area contributed by atoms with Crippen LogP contribution >= 0.6 is 0 Å². The lowest BCUT2D eigenvalue weighted by Gasteiger charge is -2.30. The summed E-state index contributed by atoms with van der Waals surface area (Å²) in [5.41, 5.74) is 3.87. The van der Waals surface area contributed by atoms with E-state index in [4.69, 9.17) is 10.1 Å². The number of para-hydroxylation sites is 1. The Morgan fingerprint density at radius 2 is 1.30 bits per heavy atom. The fourth-order valence-electron chi connectivity index (χ4n) is 6.40. The molecule has 284 valence electrons. The molecule has 11 nitrogen and oxygen atoms in total. The van der Waals surface area contributed by atoms with Crippen LogP contribution in [0.1, 0.15) is 93.0 Å². The van der Waals surface area contributed by atoms with E-state index >= 15 is 0 Å². The third-order valence-corrected chi connectivity index (χ3v) is 9.33. The van der Waals surface area contributed by atoms with E-state index in [1.807, 2.05) is 72.9 Å². The van der Waals surface area contributed by atoms with Gasteiger partial charge in [0.1, 0.15) is 18.0 Å². The van der Waals surface area contributed by atoms with E-state index in [0.717, 1.165) is 80.6 Å². The number of aliphatic hydroxyl groups is 4. The Balaban J connectivity index is 1.24. The van der Waals surface area contributed by atoms with Gasteiger partial charge in [0.05, 0.1) is 25.2 Å². The minimum absolute atomic E-state index is 0.0138. The van der Waals surface area contributed by atoms with Crippen LogP contribution in [0.25, 0.3) is 0 Å². The molecule has 0 aliphatic carbocycles. The summed E-state index contributed by atoms with van der Waals surface area (Å²) in [7, 11) is 0. The summed E-state index contributed by atoms with van der Waals surface area (Å²) in [5.74, 6) is 0.252. The molecule has 0 bridgehead atoms. The van der Waals surface area contributed by atoms with Gasteiger partial charge in [-0.05, 0) is 60.7 Å². The molecule has 4 aromatic rings. The molecule has 0 saturated carbocycles. The van der Waals surface area contributed by atoms with Crippen molar-refractivity contribution in [2.75, 3.05) is 23.8 Å². The van der Waals surface area contributed by atoms with Crippen LogP contribution in [0.15, 0.2) is 103 Å². The summed E-state index contributed by atoms with van der Waals surface area (Å²) < 4.78 is 0. The van der Waals surface area contributed by atoms with Gasteiger partial charge in [-0.2, -0.15) is 0 Å². The van der Waals surface area contributed by atoms with Crippen molar-refractivity contribution in [3.05, 3.63) is 120 Å². The molecule has 2 heterocycles. The molecule has 0 saturated heterocycles. The number of amides is 2. The van der Waals surface area contributed by atoms with Gasteiger partial charge in [-0.1, -0.05) is 99.2 Å². The van der Waals surface area contributed by atoms with Crippen LogP contribution in [0, 0.1) is 0 Å². The second-order valence-electron chi connectivity index (χ2n) is 13.5. The number of nitrogens with zero attached hydrogens (tertiary/aromatic N) is 2. The van der Waals surface area contributed by atoms with Crippen molar-refractivity contribution >= 4 is 23.3 Å². The van der Waals surface area contributed by atoms with Gasteiger partial charge in [0.15, 0.2) is 0 Å². The molecule has 53 heavy (non-hydrogen) atoms. The third kappa shape index (κ3) is 14.3. The first-order chi connectivity index (χ1) is 25.9. The van der Waals surface area contributed by atoms with Crippen molar-refractivity contribution in [2.45, 2.75) is 101 Å². The predicted octanol–water partition coefficient (Wildman–Crippen LogP) is 5.69. The van der Waals surface area contributed by atoms with E-state index in [-0.39, 0.29) is 24.3 Å². The van der Waals surface area contributed by atoms with E-state index in [1.54, 1.807) is 6.20 Å². The zero-order valence-corrected chi connectivity index (χ0v) is 30.4. The number of aliphatic hydroxyl groups excluding tert-OH is 4. The Kier molecular flexibility index (Phi) is 17.9. The normalized spacial score (nSPS) is 14.0. The number of anilines is 2. The zero-order valence-electron chi connectivity index (χ0n) is 30.4. The smallest absolute Gasteiger partial charge is 0.224 e. The minimum Gasteiger partial charge on any atom is -0.394 e. The fraction of sp³-hybridized carbons (Fsp3) is 0.429. The largest absolute Gasteiger partial charge is 0.394 e. The van der Waals surface area contributed by atoms with E-state index in [0.29, 0.717) is 13.0 Å². The Morgan fingerprint density at radius 3 is 1.98 bits per heavy atom. The molecular formula is C42H55N5O6. The highest BCUT2D eigenvalue weighted by Crippen LogP contribution is 2.38. The summed E-state index contributed by atoms with van der Waals surface area (Å²) in [4.78, 5) is 34.6. The predicted molar refractivity (Wildman–Crippen MR) is 207 cm³/mol. The van der Waals surface area contributed by atoms with Gasteiger partial charge < -0.3 is 36.4 Å². The van der Waals surface area contributed by atoms with Gasteiger partial charge in [-0.3, -0.25) is 14.6 Å². The number of aromatic nitrogens is 2. The third-order valence-electron chi connectivity index (χ3n) is 9.33. The van der Waals surface area contributed by atoms with Gasteiger partial charge in [0.25, 0.3) is 0 Å². The summed E-state index contributed by atoms with van der Waals surface area (Å²) in [6.45, 7) is -0.221. The SMILES string of the molecule is O=C(C[C@@H](O)C(O)[C@H](O)CO)NCCCCCCCCCCC(=O)Nc1ccccc1[C@@H](Nc1ccccn1)[C@@H](Cc1ccccc1)c1ccccn1. The quantitative estimate of drug-likeness (QED) is 0.0448. The summed E-state index contributed by atoms with van der Waals surface area (Å²) in [5, 5.41) is 47.3. The number of carbonyl (C=O) groups excluding carboxylic acids is 2. The molecule has 2 aromatic heterocycles. The van der Waals surface area contributed by atoms with Gasteiger partial charge in [0.2, 0.25) is 11.8 Å². The Hall–Kier alpha value is -4.68. The van der Waals surface area contributed by atoms with Crippen LogP contribution < -0.4 is 16.0 Å². The van der Waals surface area contributed by atoms with Crippen molar-refractivity contribution in [1.29, 1.82) is 0 Å². The Bertz CT molecular complexity index is 1610. The fourth-order valence-corrected chi connectivity index (χ4v) is 6.40. The molecule has 7 N–H and O–H groups in total. The summed E-state index contributed by atoms with van der Waals surface area (Å²) in [6.07, 6.45) is 7.67. The molecule has 0 fully saturated rings. The molecule has 2 amide bonds. The Morgan fingerprint density at radius 1 is 0.660 bits per heavy atom. The van der Waals surface area contributed by atoms with Crippen molar-refractivity contribution in [1.82, 2.24) is 15.3 Å². The number of hydrogen-bond donors (Lipinski definition) is 7. The van der Waals surface area contributed by atoms with Crippen LogP contribution in [-0.2, 0) is 16.0 Å². The van der Waals surface area contributed by atoms with Crippen molar-refractivity contribution in [3.63, 3.8) is 0 Å². The van der Waals surface area contributed by atoms with E-state index in [1.165, 1.54) is 5.56 Å². The number of carbonyl (C=O) groups is 2. The number of nitrogens with one attached hydrogen (secondary N) is 3. The van der Waals surface area contributed by atoms with Gasteiger partial charge >= 0.3 is 0 Å². The zero-order chi connectivity index (χ0) is 37.7. The molecule has 0 aliphatic rings. The molecule has 2 aromatic carbocycles. The molecule has 5 atom stereocenters. The topological polar surface area (TPSA) is 177 Å². The number of rotatable bonds is 24. The van der Waals surface area contributed by atoms with Crippen molar-refractivity contribution in [2.24, 2.45) is 0 Å². The van der Waals surface area contributed by atoms with Crippen LogP contribution in [-0.4, -0.2) is 73.7 Å². The van der Waals surface area contributed by atoms with Crippen LogP contribution in [0.3, 0.4) is 0 Å². The number of pyridine rings is 2. The molecular weight excluding hydrogens is 670 g/mol.